The van der Waals surface area contributed by atoms with Crippen LogP contribution in [0.5, 0.6) is 0 Å². The summed E-state index contributed by atoms with van der Waals surface area (Å²) in [6.07, 6.45) is 0. The van der Waals surface area contributed by atoms with Crippen molar-refractivity contribution in [2.24, 2.45) is 5.73 Å². The lowest BCUT2D eigenvalue weighted by molar-refractivity contribution is -0.117. The van der Waals surface area contributed by atoms with Crippen molar-refractivity contribution in [2.45, 2.75) is 39.2 Å². The minimum atomic E-state index is -0.484. The fourth-order valence-corrected chi connectivity index (χ4v) is 1.31. The summed E-state index contributed by atoms with van der Waals surface area (Å²) < 4.78 is 0. The summed E-state index contributed by atoms with van der Waals surface area (Å²) in [7, 11) is 0. The van der Waals surface area contributed by atoms with Crippen molar-refractivity contribution in [1.82, 2.24) is 0 Å². The molecule has 0 aliphatic heterocycles. The van der Waals surface area contributed by atoms with Gasteiger partial charge in [0, 0.05) is 5.69 Å². The van der Waals surface area contributed by atoms with Gasteiger partial charge in [-0.2, -0.15) is 0 Å². The zero-order chi connectivity index (χ0) is 12.3. The number of nitrogens with two attached hydrogens (primary N) is 1. The van der Waals surface area contributed by atoms with Crippen LogP contribution in [0.1, 0.15) is 33.3 Å². The van der Waals surface area contributed by atoms with Gasteiger partial charge in [0.2, 0.25) is 5.91 Å². The maximum Gasteiger partial charge on any atom is 0.240 e. The molecule has 3 nitrogen and oxygen atoms in total. The molecule has 96 valence electrons. The maximum absolute atomic E-state index is 11.4. The predicted octanol–water partition coefficient (Wildman–Crippen LogP) is 2.69. The first kappa shape index (κ1) is 15.9. The second-order valence-electron chi connectivity index (χ2n) is 5.11. The normalized spacial score (nSPS) is 12.5. The summed E-state index contributed by atoms with van der Waals surface area (Å²) in [6.45, 7) is 8.13. The Morgan fingerprint density at radius 1 is 1.24 bits per heavy atom. The smallest absolute Gasteiger partial charge is 0.240 e. The highest BCUT2D eigenvalue weighted by Gasteiger charge is 2.13. The summed E-state index contributed by atoms with van der Waals surface area (Å²) in [5.41, 5.74) is 7.63. The van der Waals surface area contributed by atoms with E-state index in [1.807, 2.05) is 24.3 Å². The third kappa shape index (κ3) is 4.75. The second-order valence-corrected chi connectivity index (χ2v) is 5.11. The van der Waals surface area contributed by atoms with Crippen LogP contribution in [0.25, 0.3) is 0 Å². The minimum Gasteiger partial charge on any atom is -0.325 e. The Balaban J connectivity index is 0.00000256. The van der Waals surface area contributed by atoms with E-state index >= 15 is 0 Å². The van der Waals surface area contributed by atoms with E-state index in [4.69, 9.17) is 5.73 Å². The third-order valence-electron chi connectivity index (χ3n) is 2.43. The number of halogens is 1. The fourth-order valence-electron chi connectivity index (χ4n) is 1.31. The molecule has 0 fully saturated rings. The highest BCUT2D eigenvalue weighted by atomic mass is 35.5. The molecule has 1 rings (SSSR count). The van der Waals surface area contributed by atoms with E-state index in [2.05, 4.69) is 26.1 Å². The Morgan fingerprint density at radius 2 is 1.71 bits per heavy atom. The van der Waals surface area contributed by atoms with E-state index in [1.54, 1.807) is 6.92 Å². The Morgan fingerprint density at radius 3 is 2.06 bits per heavy atom. The van der Waals surface area contributed by atoms with Crippen LogP contribution in [0.2, 0.25) is 0 Å². The Kier molecular flexibility index (Phi) is 5.66. The molecular weight excluding hydrogens is 236 g/mol. The lowest BCUT2D eigenvalue weighted by Gasteiger charge is -2.19. The molecule has 0 aromatic heterocycles. The first-order chi connectivity index (χ1) is 7.30. The number of carbonyl (C=O) groups is 1. The second kappa shape index (κ2) is 6.03. The van der Waals surface area contributed by atoms with Crippen LogP contribution in [-0.2, 0) is 10.2 Å². The number of nitrogens with one attached hydrogen (secondary N) is 1. The number of rotatable bonds is 2. The molecular formula is C13H21ClN2O. The summed E-state index contributed by atoms with van der Waals surface area (Å²) in [5.74, 6) is -0.163. The lowest BCUT2D eigenvalue weighted by Crippen LogP contribution is -2.32. The quantitative estimate of drug-likeness (QED) is 0.855. The number of amides is 1. The van der Waals surface area contributed by atoms with Crippen molar-refractivity contribution >= 4 is 24.0 Å². The highest BCUT2D eigenvalue weighted by Crippen LogP contribution is 2.23. The molecule has 1 atom stereocenters. The van der Waals surface area contributed by atoms with Crippen LogP contribution in [0, 0.1) is 0 Å². The topological polar surface area (TPSA) is 55.1 Å². The third-order valence-corrected chi connectivity index (χ3v) is 2.43. The monoisotopic (exact) mass is 256 g/mol. The van der Waals surface area contributed by atoms with Gasteiger partial charge < -0.3 is 11.1 Å². The largest absolute Gasteiger partial charge is 0.325 e. The van der Waals surface area contributed by atoms with Gasteiger partial charge in [0.25, 0.3) is 0 Å². The van der Waals surface area contributed by atoms with Gasteiger partial charge in [-0.3, -0.25) is 4.79 Å². The number of hydrogen-bond donors (Lipinski definition) is 2. The van der Waals surface area contributed by atoms with Crippen LogP contribution in [0.15, 0.2) is 24.3 Å². The van der Waals surface area contributed by atoms with Gasteiger partial charge in [-0.1, -0.05) is 32.9 Å². The van der Waals surface area contributed by atoms with Crippen molar-refractivity contribution in [2.75, 3.05) is 5.32 Å². The zero-order valence-electron chi connectivity index (χ0n) is 10.8. The highest BCUT2D eigenvalue weighted by molar-refractivity contribution is 5.94. The van der Waals surface area contributed by atoms with Gasteiger partial charge in [-0.15, -0.1) is 12.4 Å². The number of benzene rings is 1. The summed E-state index contributed by atoms with van der Waals surface area (Å²) in [5, 5.41) is 2.76. The predicted molar refractivity (Wildman–Crippen MR) is 74.7 cm³/mol. The number of hydrogen-bond acceptors (Lipinski definition) is 2. The van der Waals surface area contributed by atoms with Crippen LogP contribution < -0.4 is 11.1 Å². The van der Waals surface area contributed by atoms with Gasteiger partial charge in [0.15, 0.2) is 0 Å². The molecule has 1 amide bonds. The Bertz CT molecular complexity index is 366. The van der Waals surface area contributed by atoms with Gasteiger partial charge in [0.05, 0.1) is 6.04 Å². The van der Waals surface area contributed by atoms with E-state index in [0.717, 1.165) is 5.69 Å². The van der Waals surface area contributed by atoms with E-state index in [9.17, 15) is 4.79 Å². The zero-order valence-corrected chi connectivity index (χ0v) is 11.6. The number of carbonyl (C=O) groups excluding carboxylic acids is 1. The SMILES string of the molecule is C[C@@H](N)C(=O)Nc1ccc(C(C)(C)C)cc1.Cl. The molecule has 1 aromatic carbocycles. The Hall–Kier alpha value is -1.06. The first-order valence-electron chi connectivity index (χ1n) is 5.47. The molecule has 0 bridgehead atoms. The summed E-state index contributed by atoms with van der Waals surface area (Å²) >= 11 is 0. The maximum atomic E-state index is 11.4. The molecule has 3 N–H and O–H groups in total. The van der Waals surface area contributed by atoms with Crippen molar-refractivity contribution < 1.29 is 4.79 Å². The van der Waals surface area contributed by atoms with Gasteiger partial charge >= 0.3 is 0 Å². The van der Waals surface area contributed by atoms with E-state index < -0.39 is 6.04 Å². The van der Waals surface area contributed by atoms with Gasteiger partial charge in [0.1, 0.15) is 0 Å². The Labute approximate surface area is 109 Å². The molecule has 4 heteroatoms. The minimum absolute atomic E-state index is 0. The van der Waals surface area contributed by atoms with Crippen molar-refractivity contribution in [1.29, 1.82) is 0 Å². The van der Waals surface area contributed by atoms with Crippen molar-refractivity contribution in [3.05, 3.63) is 29.8 Å². The molecule has 0 aliphatic carbocycles. The average molecular weight is 257 g/mol. The van der Waals surface area contributed by atoms with Crippen LogP contribution >= 0.6 is 12.4 Å². The standard InChI is InChI=1S/C13H20N2O.ClH/c1-9(14)12(16)15-11-7-5-10(6-8-11)13(2,3)4;/h5-9H,14H2,1-4H3,(H,15,16);1H/t9-;/m1./s1. The molecule has 0 radical (unpaired) electrons. The molecule has 17 heavy (non-hydrogen) atoms. The van der Waals surface area contributed by atoms with Gasteiger partial charge in [-0.05, 0) is 30.0 Å². The van der Waals surface area contributed by atoms with Crippen LogP contribution in [0.3, 0.4) is 0 Å². The summed E-state index contributed by atoms with van der Waals surface area (Å²) in [4.78, 5) is 11.4. The first-order valence-corrected chi connectivity index (χ1v) is 5.47. The molecule has 0 heterocycles. The molecule has 0 saturated carbocycles. The fraction of sp³-hybridized carbons (Fsp3) is 0.462. The van der Waals surface area contributed by atoms with Crippen LogP contribution in [0.4, 0.5) is 5.69 Å². The van der Waals surface area contributed by atoms with E-state index in [0.29, 0.717) is 0 Å². The molecule has 0 aliphatic rings. The molecule has 1 aromatic rings. The number of anilines is 1. The lowest BCUT2D eigenvalue weighted by atomic mass is 9.87. The van der Waals surface area contributed by atoms with E-state index in [1.165, 1.54) is 5.56 Å². The van der Waals surface area contributed by atoms with Crippen LogP contribution in [-0.4, -0.2) is 11.9 Å². The van der Waals surface area contributed by atoms with Crippen molar-refractivity contribution in [3.63, 3.8) is 0 Å². The average Bonchev–Trinajstić information content (AvgIpc) is 2.17. The molecule has 0 unspecified atom stereocenters. The molecule has 0 saturated heterocycles. The van der Waals surface area contributed by atoms with Gasteiger partial charge in [-0.25, -0.2) is 0 Å². The van der Waals surface area contributed by atoms with E-state index in [-0.39, 0.29) is 23.7 Å². The molecule has 0 spiro atoms. The summed E-state index contributed by atoms with van der Waals surface area (Å²) in [6, 6.07) is 7.37. The van der Waals surface area contributed by atoms with Crippen molar-refractivity contribution in [3.8, 4) is 0 Å².